The lowest BCUT2D eigenvalue weighted by molar-refractivity contribution is -0.0282. The molecule has 0 aromatic heterocycles. The molecule has 2 aliphatic heterocycles. The van der Waals surface area contributed by atoms with E-state index >= 15 is 0 Å². The smallest absolute Gasteiger partial charge is 0.0116 e. The topological polar surface area (TPSA) is 15.3 Å². The lowest BCUT2D eigenvalue weighted by Gasteiger charge is -2.53. The number of hydrogen-bond acceptors (Lipinski definition) is 2. The van der Waals surface area contributed by atoms with Crippen LogP contribution in [0.1, 0.15) is 71.1 Å². The summed E-state index contributed by atoms with van der Waals surface area (Å²) in [7, 11) is 2.15. The Morgan fingerprint density at radius 2 is 1.53 bits per heavy atom. The molecule has 0 aromatic rings. The van der Waals surface area contributed by atoms with Crippen molar-refractivity contribution < 1.29 is 0 Å². The van der Waals surface area contributed by atoms with E-state index in [0.717, 1.165) is 30.1 Å². The highest BCUT2D eigenvalue weighted by Gasteiger charge is 2.41. The number of piperidine rings is 2. The zero-order valence-electron chi connectivity index (χ0n) is 12.9. The van der Waals surface area contributed by atoms with E-state index < -0.39 is 0 Å². The van der Waals surface area contributed by atoms with Crippen LogP contribution in [-0.4, -0.2) is 36.1 Å². The third-order valence-electron chi connectivity index (χ3n) is 6.24. The molecule has 1 saturated carbocycles. The maximum Gasteiger partial charge on any atom is 0.0116 e. The van der Waals surface area contributed by atoms with Gasteiger partial charge in [-0.05, 0) is 58.4 Å². The molecule has 19 heavy (non-hydrogen) atoms. The summed E-state index contributed by atoms with van der Waals surface area (Å²) in [6, 6.07) is 3.38. The minimum atomic E-state index is 0.783. The molecule has 2 saturated heterocycles. The minimum Gasteiger partial charge on any atom is -0.317 e. The van der Waals surface area contributed by atoms with Gasteiger partial charge in [0.2, 0.25) is 0 Å². The van der Waals surface area contributed by atoms with Gasteiger partial charge in [-0.25, -0.2) is 0 Å². The van der Waals surface area contributed by atoms with E-state index in [4.69, 9.17) is 0 Å². The van der Waals surface area contributed by atoms with E-state index in [-0.39, 0.29) is 0 Å². The fourth-order valence-corrected chi connectivity index (χ4v) is 5.18. The molecule has 0 amide bonds. The van der Waals surface area contributed by atoms with Gasteiger partial charge in [0, 0.05) is 24.2 Å². The van der Waals surface area contributed by atoms with Gasteiger partial charge in [-0.2, -0.15) is 0 Å². The van der Waals surface area contributed by atoms with Crippen molar-refractivity contribution in [2.24, 2.45) is 5.92 Å². The molecule has 0 spiro atoms. The summed E-state index contributed by atoms with van der Waals surface area (Å²) < 4.78 is 0. The first-order valence-corrected chi connectivity index (χ1v) is 8.74. The van der Waals surface area contributed by atoms with Crippen LogP contribution in [0, 0.1) is 5.92 Å². The highest BCUT2D eigenvalue weighted by atomic mass is 15.2. The number of hydrogen-bond donors (Lipinski definition) is 1. The number of nitrogens with one attached hydrogen (secondary N) is 1. The third-order valence-corrected chi connectivity index (χ3v) is 6.24. The van der Waals surface area contributed by atoms with Crippen LogP contribution in [0.25, 0.3) is 0 Å². The number of fused-ring (bicyclic) bond motifs is 2. The standard InChI is InChI=1S/C17H32N2/c1-13(14-7-4-3-5-8-14)19-16-9-6-10-17(19)12-15(11-16)18-2/h13-18H,3-12H2,1-2H3. The molecule has 3 atom stereocenters. The van der Waals surface area contributed by atoms with Crippen LogP contribution in [-0.2, 0) is 0 Å². The molecule has 3 aliphatic rings. The third kappa shape index (κ3) is 2.85. The van der Waals surface area contributed by atoms with E-state index in [0.29, 0.717) is 0 Å². The number of rotatable bonds is 3. The van der Waals surface area contributed by atoms with Crippen molar-refractivity contribution in [1.29, 1.82) is 0 Å². The van der Waals surface area contributed by atoms with Gasteiger partial charge < -0.3 is 5.32 Å². The molecule has 3 rings (SSSR count). The maximum atomic E-state index is 3.54. The minimum absolute atomic E-state index is 0.783. The van der Waals surface area contributed by atoms with Gasteiger partial charge in [-0.15, -0.1) is 0 Å². The SMILES string of the molecule is CNC1CC2CCCC(C1)N2C(C)C1CCCCC1. The molecular weight excluding hydrogens is 232 g/mol. The Hall–Kier alpha value is -0.0800. The second-order valence-electron chi connectivity index (χ2n) is 7.28. The van der Waals surface area contributed by atoms with Crippen molar-refractivity contribution in [2.45, 2.75) is 95.3 Å². The second-order valence-corrected chi connectivity index (χ2v) is 7.28. The summed E-state index contributed by atoms with van der Waals surface area (Å²) in [4.78, 5) is 2.97. The van der Waals surface area contributed by atoms with E-state index in [1.54, 1.807) is 0 Å². The predicted octanol–water partition coefficient (Wildman–Crippen LogP) is 3.56. The van der Waals surface area contributed by atoms with Crippen LogP contribution in [0.2, 0.25) is 0 Å². The molecule has 1 N–H and O–H groups in total. The summed E-state index contributed by atoms with van der Waals surface area (Å²) in [6.07, 6.45) is 14.6. The normalized spacial score (nSPS) is 39.2. The monoisotopic (exact) mass is 264 g/mol. The fourth-order valence-electron chi connectivity index (χ4n) is 5.18. The Kier molecular flexibility index (Phi) is 4.48. The second kappa shape index (κ2) is 6.13. The van der Waals surface area contributed by atoms with Crippen molar-refractivity contribution in [3.05, 3.63) is 0 Å². The van der Waals surface area contributed by atoms with Crippen molar-refractivity contribution in [2.75, 3.05) is 7.05 Å². The summed E-state index contributed by atoms with van der Waals surface area (Å²) >= 11 is 0. The highest BCUT2D eigenvalue weighted by Crippen LogP contribution is 2.39. The number of nitrogens with zero attached hydrogens (tertiary/aromatic N) is 1. The Morgan fingerprint density at radius 1 is 0.895 bits per heavy atom. The zero-order valence-corrected chi connectivity index (χ0v) is 12.9. The Labute approximate surface area is 119 Å². The molecule has 0 radical (unpaired) electrons. The van der Waals surface area contributed by atoms with Crippen LogP contribution in [0.5, 0.6) is 0 Å². The molecule has 110 valence electrons. The Morgan fingerprint density at radius 3 is 2.11 bits per heavy atom. The average molecular weight is 264 g/mol. The summed E-state index contributed by atoms with van der Waals surface area (Å²) in [5.41, 5.74) is 0. The van der Waals surface area contributed by atoms with Gasteiger partial charge in [0.15, 0.2) is 0 Å². The Balaban J connectivity index is 1.68. The maximum absolute atomic E-state index is 3.54. The van der Waals surface area contributed by atoms with Gasteiger partial charge in [-0.3, -0.25) is 4.90 Å². The predicted molar refractivity (Wildman–Crippen MR) is 81.4 cm³/mol. The van der Waals surface area contributed by atoms with Crippen molar-refractivity contribution >= 4 is 0 Å². The molecule has 2 bridgehead atoms. The van der Waals surface area contributed by atoms with E-state index in [2.05, 4.69) is 24.2 Å². The molecule has 3 unspecified atom stereocenters. The van der Waals surface area contributed by atoms with Crippen LogP contribution < -0.4 is 5.32 Å². The summed E-state index contributed by atoms with van der Waals surface area (Å²) in [5, 5.41) is 3.54. The quantitative estimate of drug-likeness (QED) is 0.838. The van der Waals surface area contributed by atoms with Crippen LogP contribution >= 0.6 is 0 Å². The Bertz CT molecular complexity index is 271. The van der Waals surface area contributed by atoms with Crippen molar-refractivity contribution in [3.63, 3.8) is 0 Å². The molecule has 2 heterocycles. The molecule has 3 fully saturated rings. The first kappa shape index (κ1) is 13.9. The van der Waals surface area contributed by atoms with E-state index in [1.807, 2.05) is 0 Å². The molecular formula is C17H32N2. The van der Waals surface area contributed by atoms with E-state index in [9.17, 15) is 0 Å². The molecule has 2 heteroatoms. The van der Waals surface area contributed by atoms with Gasteiger partial charge in [-0.1, -0.05) is 25.7 Å². The van der Waals surface area contributed by atoms with Gasteiger partial charge in [0.1, 0.15) is 0 Å². The van der Waals surface area contributed by atoms with Crippen LogP contribution in [0.4, 0.5) is 0 Å². The van der Waals surface area contributed by atoms with E-state index in [1.165, 1.54) is 64.2 Å². The molecule has 1 aliphatic carbocycles. The first-order chi connectivity index (χ1) is 9.29. The fraction of sp³-hybridized carbons (Fsp3) is 1.00. The van der Waals surface area contributed by atoms with Gasteiger partial charge in [0.05, 0.1) is 0 Å². The van der Waals surface area contributed by atoms with Crippen LogP contribution in [0.15, 0.2) is 0 Å². The highest BCUT2D eigenvalue weighted by molar-refractivity contribution is 4.98. The van der Waals surface area contributed by atoms with Crippen LogP contribution in [0.3, 0.4) is 0 Å². The van der Waals surface area contributed by atoms with Gasteiger partial charge in [0.25, 0.3) is 0 Å². The lowest BCUT2D eigenvalue weighted by atomic mass is 9.77. The first-order valence-electron chi connectivity index (χ1n) is 8.74. The van der Waals surface area contributed by atoms with Gasteiger partial charge >= 0.3 is 0 Å². The van der Waals surface area contributed by atoms with Crippen molar-refractivity contribution in [1.82, 2.24) is 10.2 Å². The zero-order chi connectivity index (χ0) is 13.2. The largest absolute Gasteiger partial charge is 0.317 e. The molecule has 0 aromatic carbocycles. The van der Waals surface area contributed by atoms with Crippen molar-refractivity contribution in [3.8, 4) is 0 Å². The average Bonchev–Trinajstić information content (AvgIpc) is 2.46. The summed E-state index contributed by atoms with van der Waals surface area (Å²) in [5.74, 6) is 0.989. The lowest BCUT2D eigenvalue weighted by Crippen LogP contribution is -2.60. The molecule has 2 nitrogen and oxygen atoms in total. The summed E-state index contributed by atoms with van der Waals surface area (Å²) in [6.45, 7) is 2.54.